The van der Waals surface area contributed by atoms with E-state index < -0.39 is 0 Å². The normalized spacial score (nSPS) is 22.8. The Morgan fingerprint density at radius 2 is 2.09 bits per heavy atom. The maximum Gasteiger partial charge on any atom is 0.230 e. The van der Waals surface area contributed by atoms with Gasteiger partial charge in [-0.15, -0.1) is 10.2 Å². The molecule has 0 bridgehead atoms. The van der Waals surface area contributed by atoms with Gasteiger partial charge in [0.1, 0.15) is 0 Å². The van der Waals surface area contributed by atoms with Gasteiger partial charge in [0.15, 0.2) is 5.82 Å². The standard InChI is InChI=1S/C15H21N5O2/c1-9(2)14-18-17-12(21-14)8-20-7-3-4-11(20)13-16-15(22-19-13)10-5-6-10/h9-11H,3-8H2,1-2H3/t11-/m0/s1. The molecule has 1 saturated carbocycles. The van der Waals surface area contributed by atoms with Gasteiger partial charge in [-0.1, -0.05) is 19.0 Å². The zero-order valence-corrected chi connectivity index (χ0v) is 13.0. The van der Waals surface area contributed by atoms with Gasteiger partial charge in [0.05, 0.1) is 12.6 Å². The van der Waals surface area contributed by atoms with E-state index in [1.54, 1.807) is 0 Å². The summed E-state index contributed by atoms with van der Waals surface area (Å²) in [5.41, 5.74) is 0. The van der Waals surface area contributed by atoms with E-state index >= 15 is 0 Å². The van der Waals surface area contributed by atoms with Crippen LogP contribution < -0.4 is 0 Å². The molecule has 1 aliphatic heterocycles. The van der Waals surface area contributed by atoms with Crippen molar-refractivity contribution in [1.82, 2.24) is 25.2 Å². The Balaban J connectivity index is 1.47. The second-order valence-corrected chi connectivity index (χ2v) is 6.58. The second-order valence-electron chi connectivity index (χ2n) is 6.58. The number of rotatable bonds is 5. The molecular formula is C15H21N5O2. The van der Waals surface area contributed by atoms with Crippen molar-refractivity contribution in [2.24, 2.45) is 0 Å². The van der Waals surface area contributed by atoms with Crippen molar-refractivity contribution in [3.05, 3.63) is 23.5 Å². The van der Waals surface area contributed by atoms with Crippen molar-refractivity contribution in [1.29, 1.82) is 0 Å². The van der Waals surface area contributed by atoms with E-state index in [2.05, 4.69) is 39.1 Å². The maximum atomic E-state index is 5.72. The van der Waals surface area contributed by atoms with Gasteiger partial charge in [-0.3, -0.25) is 4.90 Å². The summed E-state index contributed by atoms with van der Waals surface area (Å²) in [6.07, 6.45) is 4.53. The Kier molecular flexibility index (Phi) is 3.44. The third-order valence-corrected chi connectivity index (χ3v) is 4.36. The summed E-state index contributed by atoms with van der Waals surface area (Å²) in [4.78, 5) is 6.90. The van der Waals surface area contributed by atoms with Gasteiger partial charge < -0.3 is 8.94 Å². The molecule has 0 radical (unpaired) electrons. The lowest BCUT2D eigenvalue weighted by molar-refractivity contribution is 0.210. The molecule has 0 unspecified atom stereocenters. The fourth-order valence-electron chi connectivity index (χ4n) is 2.92. The first-order chi connectivity index (χ1) is 10.7. The molecule has 7 nitrogen and oxygen atoms in total. The minimum atomic E-state index is 0.200. The topological polar surface area (TPSA) is 81.1 Å². The molecule has 3 heterocycles. The van der Waals surface area contributed by atoms with Crippen LogP contribution in [0.15, 0.2) is 8.94 Å². The summed E-state index contributed by atoms with van der Waals surface area (Å²) in [5.74, 6) is 3.74. The molecule has 1 aliphatic carbocycles. The van der Waals surface area contributed by atoms with Crippen LogP contribution in [-0.4, -0.2) is 31.8 Å². The minimum absolute atomic E-state index is 0.200. The smallest absolute Gasteiger partial charge is 0.230 e. The van der Waals surface area contributed by atoms with Crippen molar-refractivity contribution in [3.63, 3.8) is 0 Å². The third-order valence-electron chi connectivity index (χ3n) is 4.36. The Hall–Kier alpha value is -1.76. The van der Waals surface area contributed by atoms with Crippen LogP contribution in [0, 0.1) is 0 Å². The molecule has 0 aromatic carbocycles. The Morgan fingerprint density at radius 1 is 1.23 bits per heavy atom. The van der Waals surface area contributed by atoms with E-state index in [1.807, 2.05) is 0 Å². The van der Waals surface area contributed by atoms with Gasteiger partial charge in [-0.2, -0.15) is 4.98 Å². The molecule has 1 saturated heterocycles. The highest BCUT2D eigenvalue weighted by Crippen LogP contribution is 2.40. The van der Waals surface area contributed by atoms with E-state index in [0.717, 1.165) is 31.1 Å². The van der Waals surface area contributed by atoms with Crippen LogP contribution in [0.4, 0.5) is 0 Å². The lowest BCUT2D eigenvalue weighted by atomic mass is 10.2. The second kappa shape index (κ2) is 5.46. The number of nitrogens with zero attached hydrogens (tertiary/aromatic N) is 5. The van der Waals surface area contributed by atoms with Crippen molar-refractivity contribution >= 4 is 0 Å². The quantitative estimate of drug-likeness (QED) is 0.840. The van der Waals surface area contributed by atoms with Crippen LogP contribution in [0.3, 0.4) is 0 Å². The molecule has 2 aromatic rings. The molecule has 0 spiro atoms. The van der Waals surface area contributed by atoms with Gasteiger partial charge in [0.2, 0.25) is 17.7 Å². The number of hydrogen-bond donors (Lipinski definition) is 0. The summed E-state index contributed by atoms with van der Waals surface area (Å²) in [6, 6.07) is 0.200. The van der Waals surface area contributed by atoms with E-state index in [0.29, 0.717) is 24.2 Å². The van der Waals surface area contributed by atoms with Crippen LogP contribution in [-0.2, 0) is 6.54 Å². The highest BCUT2D eigenvalue weighted by Gasteiger charge is 2.34. The van der Waals surface area contributed by atoms with Crippen LogP contribution in [0.1, 0.15) is 80.9 Å². The fourth-order valence-corrected chi connectivity index (χ4v) is 2.92. The van der Waals surface area contributed by atoms with Gasteiger partial charge in [0, 0.05) is 11.8 Å². The summed E-state index contributed by atoms with van der Waals surface area (Å²) in [7, 11) is 0. The Bertz CT molecular complexity index is 646. The van der Waals surface area contributed by atoms with E-state index in [1.165, 1.54) is 12.8 Å². The predicted molar refractivity (Wildman–Crippen MR) is 77.0 cm³/mol. The Labute approximate surface area is 129 Å². The van der Waals surface area contributed by atoms with Crippen LogP contribution in [0.25, 0.3) is 0 Å². The molecule has 118 valence electrons. The molecule has 0 amide bonds. The van der Waals surface area contributed by atoms with E-state index in [4.69, 9.17) is 8.94 Å². The average molecular weight is 303 g/mol. The number of aromatic nitrogens is 4. The molecule has 7 heteroatoms. The first kappa shape index (κ1) is 13.9. The van der Waals surface area contributed by atoms with E-state index in [9.17, 15) is 0 Å². The van der Waals surface area contributed by atoms with Crippen molar-refractivity contribution in [2.45, 2.75) is 64.0 Å². The lowest BCUT2D eigenvalue weighted by Crippen LogP contribution is -2.23. The van der Waals surface area contributed by atoms with Gasteiger partial charge in [0.25, 0.3) is 0 Å². The SMILES string of the molecule is CC(C)c1nnc(CN2CCC[C@H]2c2noc(C3CC3)n2)o1. The summed E-state index contributed by atoms with van der Waals surface area (Å²) in [6.45, 7) is 5.75. The highest BCUT2D eigenvalue weighted by molar-refractivity contribution is 5.05. The molecule has 22 heavy (non-hydrogen) atoms. The molecule has 0 N–H and O–H groups in total. The largest absolute Gasteiger partial charge is 0.424 e. The van der Waals surface area contributed by atoms with Crippen LogP contribution in [0.2, 0.25) is 0 Å². The molecule has 2 aromatic heterocycles. The predicted octanol–water partition coefficient (Wildman–Crippen LogP) is 2.79. The molecule has 1 atom stereocenters. The highest BCUT2D eigenvalue weighted by atomic mass is 16.5. The van der Waals surface area contributed by atoms with Gasteiger partial charge in [-0.05, 0) is 32.2 Å². The summed E-state index contributed by atoms with van der Waals surface area (Å²) in [5, 5.41) is 12.4. The zero-order chi connectivity index (χ0) is 15.1. The first-order valence-corrected chi connectivity index (χ1v) is 8.10. The van der Waals surface area contributed by atoms with Crippen LogP contribution >= 0.6 is 0 Å². The minimum Gasteiger partial charge on any atom is -0.424 e. The van der Waals surface area contributed by atoms with Crippen molar-refractivity contribution in [2.75, 3.05) is 6.54 Å². The van der Waals surface area contributed by atoms with Gasteiger partial charge in [-0.25, -0.2) is 0 Å². The molecule has 2 aliphatic rings. The molecular weight excluding hydrogens is 282 g/mol. The third kappa shape index (κ3) is 2.65. The van der Waals surface area contributed by atoms with Crippen molar-refractivity contribution < 1.29 is 8.94 Å². The first-order valence-electron chi connectivity index (χ1n) is 8.10. The van der Waals surface area contributed by atoms with Crippen LogP contribution in [0.5, 0.6) is 0 Å². The Morgan fingerprint density at radius 3 is 2.82 bits per heavy atom. The molecule has 4 rings (SSSR count). The average Bonchev–Trinajstić information content (AvgIpc) is 2.95. The summed E-state index contributed by atoms with van der Waals surface area (Å²) < 4.78 is 11.1. The summed E-state index contributed by atoms with van der Waals surface area (Å²) >= 11 is 0. The fraction of sp³-hybridized carbons (Fsp3) is 0.733. The van der Waals surface area contributed by atoms with Gasteiger partial charge >= 0.3 is 0 Å². The van der Waals surface area contributed by atoms with E-state index in [-0.39, 0.29) is 12.0 Å². The monoisotopic (exact) mass is 303 g/mol. The lowest BCUT2D eigenvalue weighted by Gasteiger charge is -2.19. The van der Waals surface area contributed by atoms with Crippen molar-refractivity contribution in [3.8, 4) is 0 Å². The maximum absolute atomic E-state index is 5.72. The molecule has 2 fully saturated rings. The number of hydrogen-bond acceptors (Lipinski definition) is 7. The number of likely N-dealkylation sites (tertiary alicyclic amines) is 1. The zero-order valence-electron chi connectivity index (χ0n) is 13.0.